The zero-order valence-electron chi connectivity index (χ0n) is 11.4. The molecule has 1 amide bonds. The summed E-state index contributed by atoms with van der Waals surface area (Å²) in [5.41, 5.74) is 5.87. The van der Waals surface area contributed by atoms with Gasteiger partial charge in [-0.1, -0.05) is 29.0 Å². The Morgan fingerprint density at radius 1 is 1.19 bits per heavy atom. The van der Waals surface area contributed by atoms with Gasteiger partial charge in [-0.15, -0.1) is 0 Å². The lowest BCUT2D eigenvalue weighted by atomic mass is 10.1. The maximum atomic E-state index is 12.2. The number of aromatic nitrogens is 1. The van der Waals surface area contributed by atoms with E-state index in [1.54, 1.807) is 0 Å². The van der Waals surface area contributed by atoms with Crippen LogP contribution in [0, 0.1) is 6.92 Å². The second-order valence-electron chi connectivity index (χ2n) is 4.67. The van der Waals surface area contributed by atoms with Gasteiger partial charge in [0.05, 0.1) is 10.2 Å². The molecule has 4 N–H and O–H groups in total. The van der Waals surface area contributed by atoms with E-state index in [9.17, 15) is 4.79 Å². The number of nitrogen functional groups attached to an aromatic ring is 1. The van der Waals surface area contributed by atoms with Crippen molar-refractivity contribution in [2.45, 2.75) is 6.92 Å². The maximum absolute atomic E-state index is 12.2. The Bertz CT molecular complexity index is 795. The standard InChI is InChI=1S/C15H14N4OS/c1-9-2-4-10(5-3-9)14(20)17-11-6-7-12-13(8-11)21-15(18-12)19-16/h2-8H,16H2,1H3,(H,17,20)(H,18,19). The van der Waals surface area contributed by atoms with Crippen LogP contribution < -0.4 is 16.6 Å². The Hall–Kier alpha value is -2.44. The molecule has 0 fully saturated rings. The molecule has 106 valence electrons. The van der Waals surface area contributed by atoms with Crippen LogP contribution in [0.4, 0.5) is 10.8 Å². The first-order valence-electron chi connectivity index (χ1n) is 6.41. The molecule has 0 spiro atoms. The zero-order chi connectivity index (χ0) is 14.8. The van der Waals surface area contributed by atoms with E-state index in [2.05, 4.69) is 15.7 Å². The summed E-state index contributed by atoms with van der Waals surface area (Å²) in [4.78, 5) is 16.5. The first kappa shape index (κ1) is 13.5. The van der Waals surface area contributed by atoms with E-state index < -0.39 is 0 Å². The lowest BCUT2D eigenvalue weighted by Gasteiger charge is -2.05. The first-order chi connectivity index (χ1) is 10.2. The zero-order valence-corrected chi connectivity index (χ0v) is 12.2. The Morgan fingerprint density at radius 2 is 1.95 bits per heavy atom. The van der Waals surface area contributed by atoms with Crippen LogP contribution in [0.25, 0.3) is 10.2 Å². The van der Waals surface area contributed by atoms with Crippen LogP contribution in [-0.2, 0) is 0 Å². The summed E-state index contributed by atoms with van der Waals surface area (Å²) < 4.78 is 0.963. The highest BCUT2D eigenvalue weighted by Crippen LogP contribution is 2.27. The number of benzene rings is 2. The molecule has 0 saturated heterocycles. The molecule has 0 aliphatic heterocycles. The van der Waals surface area contributed by atoms with Crippen LogP contribution in [0.3, 0.4) is 0 Å². The second kappa shape index (κ2) is 5.51. The molecule has 3 aromatic rings. The molecule has 0 unspecified atom stereocenters. The van der Waals surface area contributed by atoms with Crippen LogP contribution in [0.5, 0.6) is 0 Å². The first-order valence-corrected chi connectivity index (χ1v) is 7.22. The Labute approximate surface area is 125 Å². The van der Waals surface area contributed by atoms with Crippen LogP contribution in [0.1, 0.15) is 15.9 Å². The number of amides is 1. The van der Waals surface area contributed by atoms with Gasteiger partial charge in [-0.2, -0.15) is 0 Å². The third-order valence-electron chi connectivity index (χ3n) is 3.08. The summed E-state index contributed by atoms with van der Waals surface area (Å²) in [6, 6.07) is 13.0. The number of hydrogen-bond donors (Lipinski definition) is 3. The highest BCUT2D eigenvalue weighted by atomic mass is 32.1. The molecule has 0 aliphatic carbocycles. The van der Waals surface area contributed by atoms with E-state index in [1.807, 2.05) is 49.4 Å². The fourth-order valence-corrected chi connectivity index (χ4v) is 2.79. The van der Waals surface area contributed by atoms with E-state index in [0.717, 1.165) is 21.5 Å². The molecule has 0 radical (unpaired) electrons. The average molecular weight is 298 g/mol. The van der Waals surface area contributed by atoms with E-state index in [4.69, 9.17) is 5.84 Å². The fourth-order valence-electron chi connectivity index (χ4n) is 1.97. The van der Waals surface area contributed by atoms with Crippen LogP contribution >= 0.6 is 11.3 Å². The largest absolute Gasteiger partial charge is 0.322 e. The number of nitrogens with one attached hydrogen (secondary N) is 2. The van der Waals surface area contributed by atoms with E-state index in [1.165, 1.54) is 11.3 Å². The summed E-state index contributed by atoms with van der Waals surface area (Å²) in [5.74, 6) is 5.22. The van der Waals surface area contributed by atoms with Gasteiger partial charge in [0.1, 0.15) is 0 Å². The van der Waals surface area contributed by atoms with Gasteiger partial charge >= 0.3 is 0 Å². The van der Waals surface area contributed by atoms with Crippen LogP contribution in [0.15, 0.2) is 42.5 Å². The number of nitrogens with zero attached hydrogens (tertiary/aromatic N) is 1. The highest BCUT2D eigenvalue weighted by molar-refractivity contribution is 7.22. The Kier molecular flexibility index (Phi) is 3.55. The normalized spacial score (nSPS) is 10.6. The summed E-state index contributed by atoms with van der Waals surface area (Å²) in [6.07, 6.45) is 0. The average Bonchev–Trinajstić information content (AvgIpc) is 2.90. The molecule has 5 nitrogen and oxygen atoms in total. The summed E-state index contributed by atoms with van der Waals surface area (Å²) >= 11 is 1.44. The van der Waals surface area contributed by atoms with Crippen molar-refractivity contribution < 1.29 is 4.79 Å². The number of carbonyl (C=O) groups is 1. The number of thiazole rings is 1. The second-order valence-corrected chi connectivity index (χ2v) is 5.70. The molecule has 3 rings (SSSR count). The van der Waals surface area contributed by atoms with Gasteiger partial charge in [0.2, 0.25) is 0 Å². The molecule has 21 heavy (non-hydrogen) atoms. The monoisotopic (exact) mass is 298 g/mol. The van der Waals surface area contributed by atoms with Crippen molar-refractivity contribution in [2.75, 3.05) is 10.7 Å². The molecular weight excluding hydrogens is 284 g/mol. The molecule has 0 aliphatic rings. The number of hydrogen-bond acceptors (Lipinski definition) is 5. The number of rotatable bonds is 3. The quantitative estimate of drug-likeness (QED) is 0.512. The highest BCUT2D eigenvalue weighted by Gasteiger charge is 2.08. The molecule has 2 aromatic carbocycles. The fraction of sp³-hybridized carbons (Fsp3) is 0.0667. The van der Waals surface area contributed by atoms with Crippen molar-refractivity contribution in [3.05, 3.63) is 53.6 Å². The van der Waals surface area contributed by atoms with Crippen LogP contribution in [-0.4, -0.2) is 10.9 Å². The number of fused-ring (bicyclic) bond motifs is 1. The molecule has 1 heterocycles. The predicted octanol–water partition coefficient (Wildman–Crippen LogP) is 3.14. The number of anilines is 2. The van der Waals surface area contributed by atoms with E-state index >= 15 is 0 Å². The Morgan fingerprint density at radius 3 is 2.67 bits per heavy atom. The number of hydrazine groups is 1. The molecule has 6 heteroatoms. The van der Waals surface area contributed by atoms with E-state index in [0.29, 0.717) is 10.7 Å². The Balaban J connectivity index is 1.83. The SMILES string of the molecule is Cc1ccc(C(=O)Nc2ccc3nc(NN)sc3c2)cc1. The maximum Gasteiger partial charge on any atom is 0.255 e. The summed E-state index contributed by atoms with van der Waals surface area (Å²) in [6.45, 7) is 1.99. The van der Waals surface area contributed by atoms with Crippen molar-refractivity contribution in [3.63, 3.8) is 0 Å². The number of nitrogens with two attached hydrogens (primary N) is 1. The van der Waals surface area contributed by atoms with Gasteiger partial charge < -0.3 is 5.32 Å². The minimum absolute atomic E-state index is 0.129. The molecular formula is C15H14N4OS. The van der Waals surface area contributed by atoms with Crippen molar-refractivity contribution in [3.8, 4) is 0 Å². The summed E-state index contributed by atoms with van der Waals surface area (Å²) in [5, 5.41) is 3.53. The minimum atomic E-state index is -0.129. The van der Waals surface area contributed by atoms with Crippen molar-refractivity contribution >= 4 is 38.3 Å². The molecule has 1 aromatic heterocycles. The van der Waals surface area contributed by atoms with Gasteiger partial charge in [0.25, 0.3) is 5.91 Å². The molecule has 0 bridgehead atoms. The molecule has 0 saturated carbocycles. The van der Waals surface area contributed by atoms with Crippen molar-refractivity contribution in [1.82, 2.24) is 4.98 Å². The van der Waals surface area contributed by atoms with E-state index in [-0.39, 0.29) is 5.91 Å². The van der Waals surface area contributed by atoms with Crippen LogP contribution in [0.2, 0.25) is 0 Å². The third kappa shape index (κ3) is 2.86. The van der Waals surface area contributed by atoms with Gasteiger partial charge in [-0.05, 0) is 37.3 Å². The van der Waals surface area contributed by atoms with Gasteiger partial charge in [0.15, 0.2) is 5.13 Å². The van der Waals surface area contributed by atoms with Crippen molar-refractivity contribution in [1.29, 1.82) is 0 Å². The van der Waals surface area contributed by atoms with Gasteiger partial charge in [-0.3, -0.25) is 10.2 Å². The smallest absolute Gasteiger partial charge is 0.255 e. The third-order valence-corrected chi connectivity index (χ3v) is 4.03. The van der Waals surface area contributed by atoms with Crippen molar-refractivity contribution in [2.24, 2.45) is 5.84 Å². The topological polar surface area (TPSA) is 80.0 Å². The lowest BCUT2D eigenvalue weighted by Crippen LogP contribution is -2.11. The number of carbonyl (C=O) groups excluding carboxylic acids is 1. The minimum Gasteiger partial charge on any atom is -0.322 e. The summed E-state index contributed by atoms with van der Waals surface area (Å²) in [7, 11) is 0. The molecule has 0 atom stereocenters. The lowest BCUT2D eigenvalue weighted by molar-refractivity contribution is 0.102. The van der Waals surface area contributed by atoms with Gasteiger partial charge in [-0.25, -0.2) is 10.8 Å². The number of aryl methyl sites for hydroxylation is 1. The predicted molar refractivity (Wildman–Crippen MR) is 86.6 cm³/mol. The van der Waals surface area contributed by atoms with Gasteiger partial charge in [0, 0.05) is 11.3 Å².